The molecule has 0 unspecified atom stereocenters. The monoisotopic (exact) mass is 476 g/mol. The first-order chi connectivity index (χ1) is 16.7. The average Bonchev–Trinajstić information content (AvgIpc) is 3.34. The van der Waals surface area contributed by atoms with E-state index in [1.54, 1.807) is 18.9 Å². The number of carbonyl (C=O) groups excluding carboxylic acids is 2. The van der Waals surface area contributed by atoms with E-state index < -0.39 is 0 Å². The van der Waals surface area contributed by atoms with Crippen LogP contribution in [0.2, 0.25) is 0 Å². The van der Waals surface area contributed by atoms with Crippen LogP contribution in [0, 0.1) is 40.4 Å². The van der Waals surface area contributed by atoms with Gasteiger partial charge in [0.15, 0.2) is 0 Å². The predicted octanol–water partition coefficient (Wildman–Crippen LogP) is 6.15. The van der Waals surface area contributed by atoms with Gasteiger partial charge in [0.2, 0.25) is 5.91 Å². The Balaban J connectivity index is 1.29. The van der Waals surface area contributed by atoms with Crippen molar-refractivity contribution in [3.05, 3.63) is 35.9 Å². The lowest BCUT2D eigenvalue weighted by atomic mass is 9.45. The lowest BCUT2D eigenvalue weighted by Gasteiger charge is -2.60. The van der Waals surface area contributed by atoms with Crippen LogP contribution in [0.5, 0.6) is 0 Å². The summed E-state index contributed by atoms with van der Waals surface area (Å²) in [6, 6.07) is 10.6. The van der Waals surface area contributed by atoms with Crippen molar-refractivity contribution in [3.63, 3.8) is 0 Å². The SMILES string of the molecule is CC(=O)O[C@H]1CC[C@@]2(C)[C@@H](CC[C@@H]3[C@@H]2CC[C@]2(C)C4=NN(C(C)=O)[C@H](c5ccccc5)[C@@H]4C[C@@H]32)C1. The van der Waals surface area contributed by atoms with E-state index in [0.29, 0.717) is 23.2 Å². The number of ether oxygens (including phenoxy) is 1. The molecule has 0 radical (unpaired) electrons. The Morgan fingerprint density at radius 3 is 2.46 bits per heavy atom. The fraction of sp³-hybridized carbons (Fsp3) is 0.700. The van der Waals surface area contributed by atoms with E-state index in [-0.39, 0.29) is 29.4 Å². The topological polar surface area (TPSA) is 59.0 Å². The first-order valence-electron chi connectivity index (χ1n) is 13.8. The summed E-state index contributed by atoms with van der Waals surface area (Å²) in [5.41, 5.74) is 2.96. The van der Waals surface area contributed by atoms with Crippen molar-refractivity contribution in [3.8, 4) is 0 Å². The van der Waals surface area contributed by atoms with Gasteiger partial charge in [-0.3, -0.25) is 9.59 Å². The zero-order chi connectivity index (χ0) is 24.5. The van der Waals surface area contributed by atoms with E-state index in [2.05, 4.69) is 38.1 Å². The molecule has 1 amide bonds. The first kappa shape index (κ1) is 23.2. The zero-order valence-corrected chi connectivity index (χ0v) is 21.7. The summed E-state index contributed by atoms with van der Waals surface area (Å²) in [6.45, 7) is 8.22. The minimum atomic E-state index is -0.133. The highest BCUT2D eigenvalue weighted by Gasteiger charge is 2.64. The van der Waals surface area contributed by atoms with Crippen LogP contribution >= 0.6 is 0 Å². The molecule has 188 valence electrons. The Labute approximate surface area is 209 Å². The Kier molecular flexibility index (Phi) is 5.43. The average molecular weight is 477 g/mol. The fourth-order valence-electron chi connectivity index (χ4n) is 9.55. The van der Waals surface area contributed by atoms with E-state index >= 15 is 0 Å². The molecule has 1 aromatic carbocycles. The summed E-state index contributed by atoms with van der Waals surface area (Å²) >= 11 is 0. The number of benzene rings is 1. The molecule has 6 rings (SSSR count). The van der Waals surface area contributed by atoms with Crippen molar-refractivity contribution in [1.82, 2.24) is 5.01 Å². The third-order valence-corrected chi connectivity index (χ3v) is 11.1. The molecule has 1 aliphatic heterocycles. The molecule has 0 spiro atoms. The number of rotatable bonds is 2. The number of carbonyl (C=O) groups is 2. The van der Waals surface area contributed by atoms with Crippen LogP contribution in [0.4, 0.5) is 0 Å². The highest BCUT2D eigenvalue weighted by molar-refractivity contribution is 5.98. The molecule has 0 bridgehead atoms. The molecule has 5 nitrogen and oxygen atoms in total. The quantitative estimate of drug-likeness (QED) is 0.481. The highest BCUT2D eigenvalue weighted by atomic mass is 16.5. The van der Waals surface area contributed by atoms with Crippen molar-refractivity contribution in [1.29, 1.82) is 0 Å². The van der Waals surface area contributed by atoms with Crippen LogP contribution in [0.1, 0.15) is 90.7 Å². The van der Waals surface area contributed by atoms with E-state index in [9.17, 15) is 9.59 Å². The Morgan fingerprint density at radius 1 is 0.971 bits per heavy atom. The largest absolute Gasteiger partial charge is 0.463 e. The Bertz CT molecular complexity index is 1050. The van der Waals surface area contributed by atoms with E-state index in [4.69, 9.17) is 9.84 Å². The molecule has 0 aromatic heterocycles. The van der Waals surface area contributed by atoms with Crippen molar-refractivity contribution in [2.75, 3.05) is 0 Å². The molecule has 5 heteroatoms. The summed E-state index contributed by atoms with van der Waals surface area (Å²) in [5.74, 6) is 3.04. The summed E-state index contributed by atoms with van der Waals surface area (Å²) in [6.07, 6.45) is 9.45. The fourth-order valence-corrected chi connectivity index (χ4v) is 9.55. The normalized spacial score (nSPS) is 43.9. The molecule has 5 aliphatic rings. The predicted molar refractivity (Wildman–Crippen MR) is 135 cm³/mol. The maximum Gasteiger partial charge on any atom is 0.302 e. The molecule has 4 aliphatic carbocycles. The third-order valence-electron chi connectivity index (χ3n) is 11.1. The number of nitrogens with zero attached hydrogens (tertiary/aromatic N) is 2. The number of hydrogen-bond donors (Lipinski definition) is 0. The van der Waals surface area contributed by atoms with Crippen LogP contribution in [-0.4, -0.2) is 28.7 Å². The smallest absolute Gasteiger partial charge is 0.302 e. The van der Waals surface area contributed by atoms with Gasteiger partial charge in [-0.15, -0.1) is 0 Å². The van der Waals surface area contributed by atoms with Crippen LogP contribution in [-0.2, 0) is 14.3 Å². The van der Waals surface area contributed by atoms with E-state index in [1.165, 1.54) is 43.4 Å². The number of amides is 1. The van der Waals surface area contributed by atoms with Crippen molar-refractivity contribution < 1.29 is 14.3 Å². The molecular formula is C30H40N2O3. The second-order valence-corrected chi connectivity index (χ2v) is 12.7. The van der Waals surface area contributed by atoms with Gasteiger partial charge in [0, 0.05) is 25.2 Å². The summed E-state index contributed by atoms with van der Waals surface area (Å²) in [7, 11) is 0. The molecule has 0 N–H and O–H groups in total. The van der Waals surface area contributed by atoms with Crippen LogP contribution in [0.15, 0.2) is 35.4 Å². The number of hydrazone groups is 1. The van der Waals surface area contributed by atoms with Gasteiger partial charge in [-0.2, -0.15) is 5.10 Å². The number of esters is 1. The summed E-state index contributed by atoms with van der Waals surface area (Å²) in [4.78, 5) is 24.2. The van der Waals surface area contributed by atoms with E-state index in [0.717, 1.165) is 31.1 Å². The summed E-state index contributed by atoms with van der Waals surface area (Å²) in [5, 5.41) is 6.88. The number of fused-ring (bicyclic) bond motifs is 7. The third kappa shape index (κ3) is 3.43. The molecule has 0 saturated heterocycles. The van der Waals surface area contributed by atoms with Crippen LogP contribution < -0.4 is 0 Å². The summed E-state index contributed by atoms with van der Waals surface area (Å²) < 4.78 is 5.65. The van der Waals surface area contributed by atoms with Gasteiger partial charge < -0.3 is 4.74 Å². The van der Waals surface area contributed by atoms with Gasteiger partial charge in [0.1, 0.15) is 6.10 Å². The van der Waals surface area contributed by atoms with Crippen LogP contribution in [0.3, 0.4) is 0 Å². The van der Waals surface area contributed by atoms with Crippen LogP contribution in [0.25, 0.3) is 0 Å². The van der Waals surface area contributed by atoms with Gasteiger partial charge >= 0.3 is 5.97 Å². The van der Waals surface area contributed by atoms with Gasteiger partial charge in [-0.05, 0) is 86.0 Å². The van der Waals surface area contributed by atoms with Gasteiger partial charge in [0.25, 0.3) is 0 Å². The molecule has 1 aromatic rings. The lowest BCUT2D eigenvalue weighted by Crippen LogP contribution is -2.54. The molecule has 9 atom stereocenters. The second kappa shape index (κ2) is 8.18. The standard InChI is InChI=1S/C30H40N2O3/c1-18(33)32-27(20-8-6-5-7-9-20)24-17-26-23-11-10-21-16-22(35-19(2)34)12-14-29(21,3)25(23)13-15-30(26,4)28(24)31-32/h5-9,21-27H,10-17H2,1-4H3/t21-,22-,23+,24-,25-,26-,27+,29-,30-/m0/s1. The minimum absolute atomic E-state index is 0.0377. The molecule has 35 heavy (non-hydrogen) atoms. The van der Waals surface area contributed by atoms with Crippen molar-refractivity contribution >= 4 is 17.6 Å². The maximum absolute atomic E-state index is 12.6. The molecular weight excluding hydrogens is 436 g/mol. The van der Waals surface area contributed by atoms with Gasteiger partial charge in [-0.1, -0.05) is 44.2 Å². The number of hydrogen-bond acceptors (Lipinski definition) is 4. The van der Waals surface area contributed by atoms with Crippen molar-refractivity contribution in [2.45, 2.75) is 91.2 Å². The highest BCUT2D eigenvalue weighted by Crippen LogP contribution is 2.68. The van der Waals surface area contributed by atoms with E-state index in [1.807, 2.05) is 6.07 Å². The Morgan fingerprint density at radius 2 is 1.74 bits per heavy atom. The van der Waals surface area contributed by atoms with Gasteiger partial charge in [0.05, 0.1) is 11.8 Å². The minimum Gasteiger partial charge on any atom is -0.463 e. The maximum atomic E-state index is 12.6. The Hall–Kier alpha value is -2.17. The van der Waals surface area contributed by atoms with Gasteiger partial charge in [-0.25, -0.2) is 5.01 Å². The molecule has 4 saturated carbocycles. The zero-order valence-electron chi connectivity index (χ0n) is 21.7. The molecule has 4 fully saturated rings. The lowest BCUT2D eigenvalue weighted by molar-refractivity contribution is -0.158. The first-order valence-corrected chi connectivity index (χ1v) is 13.8. The van der Waals surface area contributed by atoms with Crippen molar-refractivity contribution in [2.24, 2.45) is 45.5 Å². The second-order valence-electron chi connectivity index (χ2n) is 12.7. The molecule has 1 heterocycles.